The Morgan fingerprint density at radius 1 is 1.17 bits per heavy atom. The average Bonchev–Trinajstić information content (AvgIpc) is 2.53. The van der Waals surface area contributed by atoms with Gasteiger partial charge in [0.2, 0.25) is 0 Å². The molecule has 1 aromatic rings. The van der Waals surface area contributed by atoms with E-state index in [9.17, 15) is 4.79 Å². The summed E-state index contributed by atoms with van der Waals surface area (Å²) in [6.07, 6.45) is 8.53. The first-order valence-corrected chi connectivity index (χ1v) is 9.48. The molecule has 3 nitrogen and oxygen atoms in total. The Morgan fingerprint density at radius 2 is 1.79 bits per heavy atom. The highest BCUT2D eigenvalue weighted by Gasteiger charge is 2.51. The Hall–Kier alpha value is -1.35. The van der Waals surface area contributed by atoms with Crippen LogP contribution in [0, 0.1) is 24.7 Å². The van der Waals surface area contributed by atoms with Gasteiger partial charge in [-0.25, -0.2) is 0 Å². The van der Waals surface area contributed by atoms with Crippen molar-refractivity contribution in [2.75, 3.05) is 20.3 Å². The van der Waals surface area contributed by atoms with Crippen LogP contribution in [0.4, 0.5) is 0 Å². The molecule has 1 aromatic carbocycles. The minimum absolute atomic E-state index is 0.0154. The molecular weight excluding hydrogens is 298 g/mol. The van der Waals surface area contributed by atoms with Gasteiger partial charge in [-0.05, 0) is 85.8 Å². The lowest BCUT2D eigenvalue weighted by molar-refractivity contribution is -0.00522. The molecule has 0 unspecified atom stereocenters. The number of amides is 1. The first-order chi connectivity index (χ1) is 11.6. The van der Waals surface area contributed by atoms with E-state index < -0.39 is 0 Å². The number of rotatable bonds is 5. The average molecular weight is 327 g/mol. The summed E-state index contributed by atoms with van der Waals surface area (Å²) in [6.45, 7) is 3.19. The molecule has 1 amide bonds. The van der Waals surface area contributed by atoms with Crippen LogP contribution in [0.25, 0.3) is 0 Å². The predicted octanol–water partition coefficient (Wildman–Crippen LogP) is 3.84. The van der Waals surface area contributed by atoms with Crippen molar-refractivity contribution in [3.05, 3.63) is 34.9 Å². The van der Waals surface area contributed by atoms with Crippen LogP contribution in [-0.2, 0) is 10.2 Å². The Morgan fingerprint density at radius 3 is 2.33 bits per heavy atom. The third kappa shape index (κ3) is 2.77. The van der Waals surface area contributed by atoms with Crippen molar-refractivity contribution >= 4 is 5.91 Å². The first-order valence-electron chi connectivity index (χ1n) is 9.48. The number of methoxy groups -OCH3 is 1. The van der Waals surface area contributed by atoms with Crippen LogP contribution in [0.1, 0.15) is 60.0 Å². The maximum absolute atomic E-state index is 12.3. The Kier molecular flexibility index (Phi) is 4.16. The highest BCUT2D eigenvalue weighted by atomic mass is 16.5. The van der Waals surface area contributed by atoms with Crippen molar-refractivity contribution in [2.45, 2.75) is 50.9 Å². The van der Waals surface area contributed by atoms with Gasteiger partial charge in [-0.3, -0.25) is 4.79 Å². The normalized spacial score (nSPS) is 33.7. The quantitative estimate of drug-likeness (QED) is 0.835. The smallest absolute Gasteiger partial charge is 0.251 e. The van der Waals surface area contributed by atoms with E-state index >= 15 is 0 Å². The zero-order valence-corrected chi connectivity index (χ0v) is 14.9. The minimum Gasteiger partial charge on any atom is -0.383 e. The highest BCUT2D eigenvalue weighted by molar-refractivity contribution is 5.95. The molecule has 4 bridgehead atoms. The topological polar surface area (TPSA) is 38.3 Å². The second-order valence-corrected chi connectivity index (χ2v) is 8.48. The highest BCUT2D eigenvalue weighted by Crippen LogP contribution is 2.60. The molecule has 5 rings (SSSR count). The zero-order chi connectivity index (χ0) is 16.7. The van der Waals surface area contributed by atoms with Crippen molar-refractivity contribution in [3.63, 3.8) is 0 Å². The van der Waals surface area contributed by atoms with Gasteiger partial charge in [-0.1, -0.05) is 12.1 Å². The molecule has 0 radical (unpaired) electrons. The second-order valence-electron chi connectivity index (χ2n) is 8.48. The summed E-state index contributed by atoms with van der Waals surface area (Å²) in [4.78, 5) is 12.3. The largest absolute Gasteiger partial charge is 0.383 e. The lowest BCUT2D eigenvalue weighted by Crippen LogP contribution is -2.48. The number of benzene rings is 1. The van der Waals surface area contributed by atoms with Crippen LogP contribution in [-0.4, -0.2) is 26.2 Å². The number of hydrogen-bond acceptors (Lipinski definition) is 2. The summed E-state index contributed by atoms with van der Waals surface area (Å²) in [5.74, 6) is 2.87. The molecule has 130 valence electrons. The lowest BCUT2D eigenvalue weighted by atomic mass is 9.48. The minimum atomic E-state index is 0.0154. The third-order valence-corrected chi connectivity index (χ3v) is 6.71. The number of hydrogen-bond donors (Lipinski definition) is 1. The SMILES string of the molecule is COCCNC(=O)c1ccc(C23CC4CC(CC(C4)C2)C3)cc1C. The van der Waals surface area contributed by atoms with E-state index in [0.717, 1.165) is 28.9 Å². The van der Waals surface area contributed by atoms with Gasteiger partial charge in [0.25, 0.3) is 5.91 Å². The van der Waals surface area contributed by atoms with E-state index in [4.69, 9.17) is 4.74 Å². The van der Waals surface area contributed by atoms with Crippen LogP contribution in [0.5, 0.6) is 0 Å². The third-order valence-electron chi connectivity index (χ3n) is 6.71. The van der Waals surface area contributed by atoms with E-state index in [1.54, 1.807) is 7.11 Å². The molecule has 0 aromatic heterocycles. The van der Waals surface area contributed by atoms with E-state index in [0.29, 0.717) is 18.6 Å². The molecule has 4 aliphatic rings. The fourth-order valence-electron chi connectivity index (χ4n) is 6.07. The number of carbonyl (C=O) groups excluding carboxylic acids is 1. The van der Waals surface area contributed by atoms with Crippen LogP contribution in [0.2, 0.25) is 0 Å². The molecule has 0 saturated heterocycles. The standard InChI is InChI=1S/C21H29NO2/c1-14-7-18(3-4-19(14)20(23)22-5-6-24-2)21-11-15-8-16(12-21)10-17(9-15)13-21/h3-4,7,15-17H,5-6,8-13H2,1-2H3,(H,22,23). The number of nitrogens with one attached hydrogen (secondary N) is 1. The summed E-state index contributed by atoms with van der Waals surface area (Å²) < 4.78 is 5.00. The Balaban J connectivity index is 1.55. The predicted molar refractivity (Wildman–Crippen MR) is 95.2 cm³/mol. The fourth-order valence-corrected chi connectivity index (χ4v) is 6.07. The molecular formula is C21H29NO2. The molecule has 0 heterocycles. The second kappa shape index (κ2) is 6.18. The van der Waals surface area contributed by atoms with Gasteiger partial charge in [-0.15, -0.1) is 0 Å². The van der Waals surface area contributed by atoms with Gasteiger partial charge in [-0.2, -0.15) is 0 Å². The summed E-state index contributed by atoms with van der Waals surface area (Å²) >= 11 is 0. The van der Waals surface area contributed by atoms with Crippen molar-refractivity contribution in [1.82, 2.24) is 5.32 Å². The molecule has 4 aliphatic carbocycles. The molecule has 0 aliphatic heterocycles. The summed E-state index contributed by atoms with van der Waals surface area (Å²) in [7, 11) is 1.65. The van der Waals surface area contributed by atoms with Gasteiger partial charge in [0.05, 0.1) is 6.61 Å². The first kappa shape index (κ1) is 16.1. The Bertz CT molecular complexity index is 601. The van der Waals surface area contributed by atoms with Crippen LogP contribution in [0.15, 0.2) is 18.2 Å². The van der Waals surface area contributed by atoms with E-state index in [2.05, 4.69) is 24.4 Å². The van der Waals surface area contributed by atoms with Gasteiger partial charge in [0, 0.05) is 19.2 Å². The van der Waals surface area contributed by atoms with E-state index in [-0.39, 0.29) is 5.91 Å². The summed E-state index contributed by atoms with van der Waals surface area (Å²) in [5, 5.41) is 2.93. The molecule has 0 atom stereocenters. The molecule has 1 N–H and O–H groups in total. The number of aryl methyl sites for hydroxylation is 1. The summed E-state index contributed by atoms with van der Waals surface area (Å²) in [6, 6.07) is 6.59. The van der Waals surface area contributed by atoms with Crippen LogP contribution < -0.4 is 5.32 Å². The van der Waals surface area contributed by atoms with Crippen LogP contribution in [0.3, 0.4) is 0 Å². The molecule has 3 heteroatoms. The summed E-state index contributed by atoms with van der Waals surface area (Å²) in [5.41, 5.74) is 3.81. The van der Waals surface area contributed by atoms with Gasteiger partial charge < -0.3 is 10.1 Å². The fraction of sp³-hybridized carbons (Fsp3) is 0.667. The van der Waals surface area contributed by atoms with Crippen LogP contribution >= 0.6 is 0 Å². The molecule has 0 spiro atoms. The van der Waals surface area contributed by atoms with E-state index in [1.165, 1.54) is 44.1 Å². The van der Waals surface area contributed by atoms with E-state index in [1.807, 2.05) is 6.07 Å². The maximum atomic E-state index is 12.3. The molecule has 4 saturated carbocycles. The maximum Gasteiger partial charge on any atom is 0.251 e. The Labute approximate surface area is 145 Å². The van der Waals surface area contributed by atoms with Crippen molar-refractivity contribution in [2.24, 2.45) is 17.8 Å². The number of ether oxygens (including phenoxy) is 1. The monoisotopic (exact) mass is 327 g/mol. The van der Waals surface area contributed by atoms with Gasteiger partial charge in [0.1, 0.15) is 0 Å². The molecule has 24 heavy (non-hydrogen) atoms. The molecule has 4 fully saturated rings. The van der Waals surface area contributed by atoms with Crippen molar-refractivity contribution < 1.29 is 9.53 Å². The van der Waals surface area contributed by atoms with Gasteiger partial charge >= 0.3 is 0 Å². The zero-order valence-electron chi connectivity index (χ0n) is 14.9. The number of carbonyl (C=O) groups is 1. The van der Waals surface area contributed by atoms with Crippen molar-refractivity contribution in [3.8, 4) is 0 Å². The van der Waals surface area contributed by atoms with Gasteiger partial charge in [0.15, 0.2) is 0 Å². The lowest BCUT2D eigenvalue weighted by Gasteiger charge is -2.57. The van der Waals surface area contributed by atoms with Crippen molar-refractivity contribution in [1.29, 1.82) is 0 Å².